The molecule has 0 heterocycles. The van der Waals surface area contributed by atoms with E-state index in [1.807, 2.05) is 6.92 Å². The Hall–Kier alpha value is -0.160. The van der Waals surface area contributed by atoms with Gasteiger partial charge in [-0.05, 0) is 32.6 Å². The van der Waals surface area contributed by atoms with Crippen LogP contribution in [-0.4, -0.2) is 50.2 Å². The van der Waals surface area contributed by atoms with Gasteiger partial charge in [0.15, 0.2) is 0 Å². The molecular formula is C14H29NO3. The van der Waals surface area contributed by atoms with Crippen molar-refractivity contribution in [2.24, 2.45) is 5.92 Å². The van der Waals surface area contributed by atoms with Gasteiger partial charge >= 0.3 is 0 Å². The van der Waals surface area contributed by atoms with Gasteiger partial charge in [-0.1, -0.05) is 12.8 Å². The molecule has 2 unspecified atom stereocenters. The molecule has 0 aromatic rings. The molecule has 0 spiro atoms. The first kappa shape index (κ1) is 15.9. The van der Waals surface area contributed by atoms with E-state index in [2.05, 4.69) is 12.2 Å². The van der Waals surface area contributed by atoms with E-state index in [4.69, 9.17) is 9.47 Å². The smallest absolute Gasteiger partial charge is 0.0897 e. The Bertz CT molecular complexity index is 207. The van der Waals surface area contributed by atoms with Crippen LogP contribution in [0.25, 0.3) is 0 Å². The summed E-state index contributed by atoms with van der Waals surface area (Å²) in [7, 11) is 1.65. The van der Waals surface area contributed by atoms with E-state index < -0.39 is 6.10 Å². The van der Waals surface area contributed by atoms with Crippen molar-refractivity contribution >= 4 is 0 Å². The maximum Gasteiger partial charge on any atom is 0.0897 e. The zero-order valence-corrected chi connectivity index (χ0v) is 12.0. The van der Waals surface area contributed by atoms with Gasteiger partial charge in [-0.2, -0.15) is 0 Å². The van der Waals surface area contributed by atoms with Gasteiger partial charge in [0.25, 0.3) is 0 Å². The van der Waals surface area contributed by atoms with Crippen molar-refractivity contribution in [2.45, 2.75) is 57.8 Å². The van der Waals surface area contributed by atoms with Crippen molar-refractivity contribution < 1.29 is 14.6 Å². The van der Waals surface area contributed by atoms with Crippen LogP contribution in [0.5, 0.6) is 0 Å². The van der Waals surface area contributed by atoms with Crippen LogP contribution in [0.15, 0.2) is 0 Å². The van der Waals surface area contributed by atoms with E-state index >= 15 is 0 Å². The number of aliphatic hydroxyl groups is 1. The first-order valence-corrected chi connectivity index (χ1v) is 7.15. The molecule has 1 aliphatic rings. The molecule has 0 aliphatic heterocycles. The molecule has 0 saturated heterocycles. The topological polar surface area (TPSA) is 50.7 Å². The van der Waals surface area contributed by atoms with Crippen LogP contribution in [0.2, 0.25) is 0 Å². The third-order valence-electron chi connectivity index (χ3n) is 3.76. The molecule has 4 heteroatoms. The van der Waals surface area contributed by atoms with Gasteiger partial charge in [0, 0.05) is 19.7 Å². The summed E-state index contributed by atoms with van der Waals surface area (Å²) in [5.41, 5.74) is 0. The third-order valence-corrected chi connectivity index (χ3v) is 3.76. The van der Waals surface area contributed by atoms with Gasteiger partial charge in [-0.15, -0.1) is 0 Å². The highest BCUT2D eigenvalue weighted by Crippen LogP contribution is 2.27. The van der Waals surface area contributed by atoms with E-state index in [1.54, 1.807) is 7.11 Å². The average molecular weight is 259 g/mol. The lowest BCUT2D eigenvalue weighted by atomic mass is 10.00. The second-order valence-corrected chi connectivity index (χ2v) is 5.49. The van der Waals surface area contributed by atoms with Gasteiger partial charge in [-0.25, -0.2) is 0 Å². The SMILES string of the molecule is COCC(C)OCC(O)CN[C@H](C)C1CCCC1. The molecule has 2 N–H and O–H groups in total. The molecule has 108 valence electrons. The Morgan fingerprint density at radius 2 is 1.89 bits per heavy atom. The van der Waals surface area contributed by atoms with Crippen molar-refractivity contribution in [3.8, 4) is 0 Å². The molecule has 3 atom stereocenters. The number of ether oxygens (including phenoxy) is 2. The normalized spacial score (nSPS) is 22.0. The van der Waals surface area contributed by atoms with E-state index in [0.29, 0.717) is 25.8 Å². The molecule has 1 saturated carbocycles. The first-order valence-electron chi connectivity index (χ1n) is 7.15. The zero-order valence-electron chi connectivity index (χ0n) is 12.0. The van der Waals surface area contributed by atoms with Crippen LogP contribution >= 0.6 is 0 Å². The van der Waals surface area contributed by atoms with Crippen LogP contribution < -0.4 is 5.32 Å². The van der Waals surface area contributed by atoms with Gasteiger partial charge in [-0.3, -0.25) is 0 Å². The van der Waals surface area contributed by atoms with Crippen molar-refractivity contribution in [1.29, 1.82) is 0 Å². The molecule has 0 radical (unpaired) electrons. The molecule has 1 aliphatic carbocycles. The summed E-state index contributed by atoms with van der Waals surface area (Å²) in [4.78, 5) is 0. The number of hydrogen-bond acceptors (Lipinski definition) is 4. The summed E-state index contributed by atoms with van der Waals surface area (Å²) in [5, 5.41) is 13.2. The second kappa shape index (κ2) is 8.86. The molecule has 0 aromatic carbocycles. The average Bonchev–Trinajstić information content (AvgIpc) is 2.87. The van der Waals surface area contributed by atoms with Gasteiger partial charge in [0.2, 0.25) is 0 Å². The summed E-state index contributed by atoms with van der Waals surface area (Å²) in [6.07, 6.45) is 4.97. The third kappa shape index (κ3) is 6.14. The number of rotatable bonds is 9. The van der Waals surface area contributed by atoms with Gasteiger partial charge in [0.1, 0.15) is 0 Å². The Morgan fingerprint density at radius 3 is 2.50 bits per heavy atom. The maximum absolute atomic E-state index is 9.83. The fraction of sp³-hybridized carbons (Fsp3) is 1.00. The first-order chi connectivity index (χ1) is 8.63. The van der Waals surface area contributed by atoms with Crippen molar-refractivity contribution in [3.05, 3.63) is 0 Å². The fourth-order valence-electron chi connectivity index (χ4n) is 2.56. The lowest BCUT2D eigenvalue weighted by Gasteiger charge is -2.23. The highest BCUT2D eigenvalue weighted by atomic mass is 16.5. The van der Waals surface area contributed by atoms with Crippen LogP contribution in [0.4, 0.5) is 0 Å². The molecule has 0 amide bonds. The zero-order chi connectivity index (χ0) is 13.4. The predicted molar refractivity (Wildman–Crippen MR) is 72.7 cm³/mol. The minimum atomic E-state index is -0.437. The highest BCUT2D eigenvalue weighted by Gasteiger charge is 2.21. The number of aliphatic hydroxyl groups excluding tert-OH is 1. The van der Waals surface area contributed by atoms with E-state index in [-0.39, 0.29) is 6.10 Å². The molecule has 1 fully saturated rings. The van der Waals surface area contributed by atoms with Crippen LogP contribution in [-0.2, 0) is 9.47 Å². The Kier molecular flexibility index (Phi) is 7.82. The molecule has 18 heavy (non-hydrogen) atoms. The van der Waals surface area contributed by atoms with Gasteiger partial charge in [0.05, 0.1) is 25.4 Å². The predicted octanol–water partition coefficient (Wildman–Crippen LogP) is 1.57. The lowest BCUT2D eigenvalue weighted by molar-refractivity contribution is -0.0318. The number of hydrogen-bond donors (Lipinski definition) is 2. The minimum absolute atomic E-state index is 0.0388. The highest BCUT2D eigenvalue weighted by molar-refractivity contribution is 4.78. The molecule has 4 nitrogen and oxygen atoms in total. The maximum atomic E-state index is 9.83. The minimum Gasteiger partial charge on any atom is -0.389 e. The summed E-state index contributed by atoms with van der Waals surface area (Å²) < 4.78 is 10.5. The molecule has 0 aromatic heterocycles. The number of methoxy groups -OCH3 is 1. The van der Waals surface area contributed by atoms with Crippen molar-refractivity contribution in [3.63, 3.8) is 0 Å². The van der Waals surface area contributed by atoms with E-state index in [1.165, 1.54) is 25.7 Å². The number of nitrogens with one attached hydrogen (secondary N) is 1. The van der Waals surface area contributed by atoms with Crippen molar-refractivity contribution in [1.82, 2.24) is 5.32 Å². The lowest BCUT2D eigenvalue weighted by Crippen LogP contribution is -2.39. The van der Waals surface area contributed by atoms with Crippen LogP contribution in [0.1, 0.15) is 39.5 Å². The van der Waals surface area contributed by atoms with Crippen LogP contribution in [0, 0.1) is 5.92 Å². The Morgan fingerprint density at radius 1 is 1.22 bits per heavy atom. The van der Waals surface area contributed by atoms with Gasteiger partial charge < -0.3 is 19.9 Å². The molecule has 1 rings (SSSR count). The largest absolute Gasteiger partial charge is 0.389 e. The van der Waals surface area contributed by atoms with Crippen molar-refractivity contribution in [2.75, 3.05) is 26.9 Å². The molecule has 0 bridgehead atoms. The Labute approximate surface area is 111 Å². The van der Waals surface area contributed by atoms with Crippen LogP contribution in [0.3, 0.4) is 0 Å². The summed E-state index contributed by atoms with van der Waals surface area (Å²) in [5.74, 6) is 0.783. The summed E-state index contributed by atoms with van der Waals surface area (Å²) in [6.45, 7) is 5.72. The Balaban J connectivity index is 2.06. The summed E-state index contributed by atoms with van der Waals surface area (Å²) in [6, 6.07) is 0.499. The second-order valence-electron chi connectivity index (χ2n) is 5.49. The molecular weight excluding hydrogens is 230 g/mol. The van der Waals surface area contributed by atoms with E-state index in [9.17, 15) is 5.11 Å². The fourth-order valence-corrected chi connectivity index (χ4v) is 2.56. The quantitative estimate of drug-likeness (QED) is 0.660. The monoisotopic (exact) mass is 259 g/mol. The van der Waals surface area contributed by atoms with E-state index in [0.717, 1.165) is 5.92 Å². The summed E-state index contributed by atoms with van der Waals surface area (Å²) >= 11 is 0. The standard InChI is InChI=1S/C14H29NO3/c1-11(9-17-3)18-10-14(16)8-15-12(2)13-6-4-5-7-13/h11-16H,4-10H2,1-3H3/t11?,12-,14?/m1/s1.